The van der Waals surface area contributed by atoms with Gasteiger partial charge in [0.05, 0.1) is 5.56 Å². The Hall–Kier alpha value is -3.79. The minimum absolute atomic E-state index is 0.173. The Morgan fingerprint density at radius 1 is 1.04 bits per heavy atom. The van der Waals surface area contributed by atoms with Crippen molar-refractivity contribution in [3.8, 4) is 17.4 Å². The highest BCUT2D eigenvalue weighted by Gasteiger charge is 2.30. The summed E-state index contributed by atoms with van der Waals surface area (Å²) >= 11 is 0. The molecule has 1 N–H and O–H groups in total. The molecule has 0 atom stereocenters. The van der Waals surface area contributed by atoms with E-state index in [0.717, 1.165) is 12.1 Å². The predicted octanol–water partition coefficient (Wildman–Crippen LogP) is 5.51. The highest BCUT2D eigenvalue weighted by Crippen LogP contribution is 2.32. The van der Waals surface area contributed by atoms with Crippen molar-refractivity contribution in [3.05, 3.63) is 83.6 Å². The van der Waals surface area contributed by atoms with E-state index in [1.807, 2.05) is 0 Å². The molecule has 4 nitrogen and oxygen atoms in total. The number of halogens is 3. The van der Waals surface area contributed by atoms with E-state index in [2.05, 4.69) is 5.32 Å². The van der Waals surface area contributed by atoms with Gasteiger partial charge in [-0.1, -0.05) is 30.3 Å². The van der Waals surface area contributed by atoms with Gasteiger partial charge in [-0.05, 0) is 36.4 Å². The Labute approximate surface area is 158 Å². The van der Waals surface area contributed by atoms with Gasteiger partial charge in [-0.3, -0.25) is 4.79 Å². The van der Waals surface area contributed by atoms with E-state index in [1.165, 1.54) is 30.3 Å². The van der Waals surface area contributed by atoms with E-state index in [9.17, 15) is 23.2 Å². The third kappa shape index (κ3) is 4.48. The highest BCUT2D eigenvalue weighted by atomic mass is 19.4. The smallest absolute Gasteiger partial charge is 0.416 e. The van der Waals surface area contributed by atoms with Gasteiger partial charge in [-0.2, -0.15) is 18.4 Å². The van der Waals surface area contributed by atoms with Crippen LogP contribution in [0.15, 0.2) is 76.7 Å². The Balaban J connectivity index is 1.83. The second-order valence-electron chi connectivity index (χ2n) is 5.77. The number of hydrogen-bond donors (Lipinski definition) is 1. The zero-order valence-corrected chi connectivity index (χ0v) is 14.3. The average Bonchev–Trinajstić information content (AvgIpc) is 3.15. The number of nitrogens with one attached hydrogen (secondary N) is 1. The zero-order valence-electron chi connectivity index (χ0n) is 14.3. The highest BCUT2D eigenvalue weighted by molar-refractivity contribution is 6.09. The summed E-state index contributed by atoms with van der Waals surface area (Å²) in [6.07, 6.45) is -3.23. The molecule has 0 saturated carbocycles. The van der Waals surface area contributed by atoms with E-state index >= 15 is 0 Å². The lowest BCUT2D eigenvalue weighted by Gasteiger charge is -2.07. The van der Waals surface area contributed by atoms with Crippen LogP contribution in [0, 0.1) is 11.3 Å². The topological polar surface area (TPSA) is 66.0 Å². The Kier molecular flexibility index (Phi) is 5.32. The van der Waals surface area contributed by atoms with Crippen molar-refractivity contribution >= 4 is 17.7 Å². The first-order valence-corrected chi connectivity index (χ1v) is 8.12. The van der Waals surface area contributed by atoms with E-state index in [0.29, 0.717) is 5.69 Å². The largest absolute Gasteiger partial charge is 0.457 e. The molecule has 28 heavy (non-hydrogen) atoms. The van der Waals surface area contributed by atoms with E-state index in [-0.39, 0.29) is 22.7 Å². The molecule has 3 rings (SSSR count). The van der Waals surface area contributed by atoms with Crippen LogP contribution >= 0.6 is 0 Å². The second-order valence-corrected chi connectivity index (χ2v) is 5.77. The van der Waals surface area contributed by atoms with Crippen LogP contribution in [0.3, 0.4) is 0 Å². The van der Waals surface area contributed by atoms with Crippen molar-refractivity contribution in [2.75, 3.05) is 5.32 Å². The molecule has 1 heterocycles. The van der Waals surface area contributed by atoms with Crippen molar-refractivity contribution in [2.24, 2.45) is 0 Å². The van der Waals surface area contributed by atoms with Crippen molar-refractivity contribution in [3.63, 3.8) is 0 Å². The first-order chi connectivity index (χ1) is 13.4. The molecule has 0 radical (unpaired) electrons. The van der Waals surface area contributed by atoms with Gasteiger partial charge in [-0.25, -0.2) is 0 Å². The van der Waals surface area contributed by atoms with Crippen LogP contribution in [-0.4, -0.2) is 5.91 Å². The molecule has 1 aromatic heterocycles. The van der Waals surface area contributed by atoms with Crippen molar-refractivity contribution in [1.29, 1.82) is 5.26 Å². The van der Waals surface area contributed by atoms with Crippen LogP contribution < -0.4 is 5.32 Å². The number of carbonyl (C=O) groups excluding carboxylic acids is 1. The fraction of sp³-hybridized carbons (Fsp3) is 0.0476. The van der Waals surface area contributed by atoms with Crippen molar-refractivity contribution < 1.29 is 22.4 Å². The van der Waals surface area contributed by atoms with Crippen LogP contribution in [0.25, 0.3) is 17.4 Å². The van der Waals surface area contributed by atoms with Crippen LogP contribution in [-0.2, 0) is 11.0 Å². The molecular formula is C21H13F3N2O2. The summed E-state index contributed by atoms with van der Waals surface area (Å²) in [5, 5.41) is 11.8. The fourth-order valence-corrected chi connectivity index (χ4v) is 2.45. The quantitative estimate of drug-likeness (QED) is 0.478. The lowest BCUT2D eigenvalue weighted by atomic mass is 10.1. The molecule has 0 aliphatic carbocycles. The van der Waals surface area contributed by atoms with Gasteiger partial charge >= 0.3 is 6.18 Å². The Morgan fingerprint density at radius 3 is 2.46 bits per heavy atom. The molecule has 0 spiro atoms. The fourth-order valence-electron chi connectivity index (χ4n) is 2.45. The maximum atomic E-state index is 12.9. The van der Waals surface area contributed by atoms with E-state index < -0.39 is 17.6 Å². The molecule has 3 aromatic rings. The molecule has 140 valence electrons. The van der Waals surface area contributed by atoms with Gasteiger partial charge in [-0.15, -0.1) is 0 Å². The number of amides is 1. The van der Waals surface area contributed by atoms with Gasteiger partial charge in [0.2, 0.25) is 0 Å². The number of rotatable bonds is 4. The summed E-state index contributed by atoms with van der Waals surface area (Å²) in [5.74, 6) is -0.254. The SMILES string of the molecule is N#C/C(=C\c1ccc(-c2cccc(C(F)(F)F)c2)o1)C(=O)Nc1ccccc1. The summed E-state index contributed by atoms with van der Waals surface area (Å²) in [4.78, 5) is 12.2. The maximum Gasteiger partial charge on any atom is 0.416 e. The number of anilines is 1. The first-order valence-electron chi connectivity index (χ1n) is 8.12. The van der Waals surface area contributed by atoms with Gasteiger partial charge < -0.3 is 9.73 Å². The minimum Gasteiger partial charge on any atom is -0.457 e. The number of para-hydroxylation sites is 1. The minimum atomic E-state index is -4.46. The molecule has 0 aliphatic heterocycles. The second kappa shape index (κ2) is 7.84. The standard InChI is InChI=1S/C21H13F3N2O2/c22-21(23,24)16-6-4-5-14(11-16)19-10-9-18(28-19)12-15(13-25)20(27)26-17-7-2-1-3-8-17/h1-12H,(H,26,27)/b15-12+. The monoisotopic (exact) mass is 382 g/mol. The molecular weight excluding hydrogens is 369 g/mol. The molecule has 2 aromatic carbocycles. The van der Waals surface area contributed by atoms with Gasteiger partial charge in [0.25, 0.3) is 5.91 Å². The van der Waals surface area contributed by atoms with Crippen LogP contribution in [0.1, 0.15) is 11.3 Å². The third-order valence-corrected chi connectivity index (χ3v) is 3.78. The van der Waals surface area contributed by atoms with Gasteiger partial charge in [0.15, 0.2) is 0 Å². The number of benzene rings is 2. The lowest BCUT2D eigenvalue weighted by Crippen LogP contribution is -2.13. The van der Waals surface area contributed by atoms with Crippen LogP contribution in [0.4, 0.5) is 18.9 Å². The molecule has 0 saturated heterocycles. The Bertz CT molecular complexity index is 1060. The summed E-state index contributed by atoms with van der Waals surface area (Å²) in [5.41, 5.74) is -0.230. The number of hydrogen-bond acceptors (Lipinski definition) is 3. The lowest BCUT2D eigenvalue weighted by molar-refractivity contribution is -0.137. The van der Waals surface area contributed by atoms with Crippen molar-refractivity contribution in [2.45, 2.75) is 6.18 Å². The van der Waals surface area contributed by atoms with E-state index in [4.69, 9.17) is 4.42 Å². The summed E-state index contributed by atoms with van der Waals surface area (Å²) < 4.78 is 44.1. The third-order valence-electron chi connectivity index (χ3n) is 3.78. The van der Waals surface area contributed by atoms with Gasteiger partial charge in [0.1, 0.15) is 23.2 Å². The van der Waals surface area contributed by atoms with Crippen LogP contribution in [0.5, 0.6) is 0 Å². The number of carbonyl (C=O) groups is 1. The number of nitriles is 1. The van der Waals surface area contributed by atoms with Crippen LogP contribution in [0.2, 0.25) is 0 Å². The zero-order chi connectivity index (χ0) is 20.1. The first kappa shape index (κ1) is 19.0. The average molecular weight is 382 g/mol. The maximum absolute atomic E-state index is 12.9. The molecule has 0 aliphatic rings. The summed E-state index contributed by atoms with van der Waals surface area (Å²) in [6, 6.07) is 18.0. The normalized spacial score (nSPS) is 11.7. The number of furan rings is 1. The summed E-state index contributed by atoms with van der Waals surface area (Å²) in [7, 11) is 0. The molecule has 0 unspecified atom stereocenters. The Morgan fingerprint density at radius 2 is 1.79 bits per heavy atom. The number of nitrogens with zero attached hydrogens (tertiary/aromatic N) is 1. The van der Waals surface area contributed by atoms with Crippen molar-refractivity contribution in [1.82, 2.24) is 0 Å². The number of alkyl halides is 3. The van der Waals surface area contributed by atoms with E-state index in [1.54, 1.807) is 36.4 Å². The molecule has 1 amide bonds. The molecule has 0 fully saturated rings. The molecule has 0 bridgehead atoms. The molecule has 7 heteroatoms. The summed E-state index contributed by atoms with van der Waals surface area (Å²) in [6.45, 7) is 0. The predicted molar refractivity (Wildman–Crippen MR) is 97.8 cm³/mol. The van der Waals surface area contributed by atoms with Gasteiger partial charge in [0, 0.05) is 17.3 Å².